The number of benzene rings is 2. The Bertz CT molecular complexity index is 971. The van der Waals surface area contributed by atoms with Gasteiger partial charge in [0.2, 0.25) is 11.6 Å². The van der Waals surface area contributed by atoms with E-state index in [4.69, 9.17) is 4.74 Å². The number of ether oxygens (including phenoxy) is 1. The Hall–Kier alpha value is -2.42. The van der Waals surface area contributed by atoms with Gasteiger partial charge in [-0.3, -0.25) is 9.59 Å². The van der Waals surface area contributed by atoms with Crippen molar-refractivity contribution in [1.29, 1.82) is 0 Å². The van der Waals surface area contributed by atoms with Crippen molar-refractivity contribution in [2.75, 3.05) is 6.61 Å². The van der Waals surface area contributed by atoms with E-state index in [-0.39, 0.29) is 0 Å². The first-order valence-electron chi connectivity index (χ1n) is 11.2. The Morgan fingerprint density at radius 3 is 1.97 bits per heavy atom. The molecule has 1 aliphatic carbocycles. The van der Waals surface area contributed by atoms with Gasteiger partial charge in [0.05, 0.1) is 6.61 Å². The van der Waals surface area contributed by atoms with Crippen LogP contribution in [-0.4, -0.2) is 18.2 Å². The van der Waals surface area contributed by atoms with Crippen LogP contribution in [0.3, 0.4) is 0 Å². The maximum absolute atomic E-state index is 11.7. The predicted octanol–water partition coefficient (Wildman–Crippen LogP) is 4.85. The Morgan fingerprint density at radius 2 is 1.31 bits per heavy atom. The van der Waals surface area contributed by atoms with E-state index in [0.29, 0.717) is 6.61 Å². The van der Waals surface area contributed by atoms with Crippen LogP contribution < -0.4 is 15.2 Å². The highest BCUT2D eigenvalue weighted by molar-refractivity contribution is 6.57. The van der Waals surface area contributed by atoms with Crippen molar-refractivity contribution in [1.82, 2.24) is 0 Å². The molecule has 0 N–H and O–H groups in total. The second-order valence-corrected chi connectivity index (χ2v) is 8.01. The van der Waals surface area contributed by atoms with Gasteiger partial charge in [-0.15, -0.1) is 0 Å². The van der Waals surface area contributed by atoms with Crippen molar-refractivity contribution < 1.29 is 14.3 Å². The van der Waals surface area contributed by atoms with Gasteiger partial charge in [-0.1, -0.05) is 76.8 Å². The van der Waals surface area contributed by atoms with Crippen molar-refractivity contribution in [3.63, 3.8) is 0 Å². The lowest BCUT2D eigenvalue weighted by atomic mass is 10.0. The number of fused-ring (bicyclic) bond motifs is 2. The number of hydrogen-bond donors (Lipinski definition) is 0. The molecular formula is C26H32O3. The molecule has 0 aromatic heterocycles. The number of hydrogen-bond acceptors (Lipinski definition) is 3. The maximum atomic E-state index is 11.7. The van der Waals surface area contributed by atoms with Crippen LogP contribution in [0.4, 0.5) is 0 Å². The largest absolute Gasteiger partial charge is 0.493 e. The first kappa shape index (κ1) is 21.3. The average Bonchev–Trinajstić information content (AvgIpc) is 2.72. The fourth-order valence-corrected chi connectivity index (χ4v) is 3.90. The van der Waals surface area contributed by atoms with Gasteiger partial charge in [-0.2, -0.15) is 0 Å². The van der Waals surface area contributed by atoms with E-state index in [9.17, 15) is 9.59 Å². The number of Topliss-reactive ketones (excluding diaryl/α,β-unsaturated/α-hetero) is 2. The smallest absolute Gasteiger partial charge is 0.226 e. The van der Waals surface area contributed by atoms with Crippen molar-refractivity contribution in [3.05, 3.63) is 40.8 Å². The standard InChI is InChI=1S/C26H32O3/c1-2-3-4-5-6-7-8-9-10-11-15-29-26-14-12-13-20-16-21-18-24(27)25(28)19-22(21)17-23(20)26/h12-14,16-19H,2-11,15H2,1H3. The lowest BCUT2D eigenvalue weighted by Crippen LogP contribution is -2.33. The highest BCUT2D eigenvalue weighted by Gasteiger charge is 2.13. The second kappa shape index (κ2) is 10.9. The summed E-state index contributed by atoms with van der Waals surface area (Å²) in [7, 11) is 0. The molecule has 0 saturated carbocycles. The average molecular weight is 393 g/mol. The molecular weight excluding hydrogens is 360 g/mol. The summed E-state index contributed by atoms with van der Waals surface area (Å²) in [6.07, 6.45) is 15.9. The number of ketones is 2. The Kier molecular flexibility index (Phi) is 8.03. The Labute approximate surface area is 173 Å². The van der Waals surface area contributed by atoms with Crippen molar-refractivity contribution in [2.24, 2.45) is 0 Å². The lowest BCUT2D eigenvalue weighted by Gasteiger charge is -2.10. The molecule has 1 aliphatic rings. The molecule has 0 radical (unpaired) electrons. The SMILES string of the molecule is CCCCCCCCCCCCOc1cccc2cc3c(cc12)=CC(=O)C(=O)C=3. The minimum absolute atomic E-state index is 0.454. The van der Waals surface area contributed by atoms with Crippen molar-refractivity contribution in [2.45, 2.75) is 71.1 Å². The Balaban J connectivity index is 1.48. The molecule has 154 valence electrons. The molecule has 0 bridgehead atoms. The van der Waals surface area contributed by atoms with Crippen LogP contribution in [0.1, 0.15) is 71.1 Å². The van der Waals surface area contributed by atoms with E-state index in [0.717, 1.165) is 33.4 Å². The summed E-state index contributed by atoms with van der Waals surface area (Å²) in [5, 5.41) is 3.60. The van der Waals surface area contributed by atoms with Gasteiger partial charge in [0, 0.05) is 5.39 Å². The molecule has 0 amide bonds. The molecule has 0 spiro atoms. The molecule has 3 rings (SSSR count). The first-order chi connectivity index (χ1) is 14.2. The number of unbranched alkanes of at least 4 members (excludes halogenated alkanes) is 9. The minimum atomic E-state index is -0.458. The third-order valence-corrected chi connectivity index (χ3v) is 5.62. The van der Waals surface area contributed by atoms with Crippen molar-refractivity contribution >= 4 is 34.5 Å². The van der Waals surface area contributed by atoms with Gasteiger partial charge >= 0.3 is 0 Å². The molecule has 3 heteroatoms. The van der Waals surface area contributed by atoms with Gasteiger partial charge in [0.1, 0.15) is 5.75 Å². The molecule has 3 nitrogen and oxygen atoms in total. The highest BCUT2D eigenvalue weighted by Crippen LogP contribution is 2.24. The van der Waals surface area contributed by atoms with E-state index in [1.165, 1.54) is 69.9 Å². The van der Waals surface area contributed by atoms with Gasteiger partial charge in [-0.25, -0.2) is 0 Å². The van der Waals surface area contributed by atoms with Crippen LogP contribution in [0, 0.1) is 0 Å². The van der Waals surface area contributed by atoms with Gasteiger partial charge < -0.3 is 4.74 Å². The normalized spacial score (nSPS) is 13.1. The zero-order chi connectivity index (χ0) is 20.5. The summed E-state index contributed by atoms with van der Waals surface area (Å²) in [6.45, 7) is 2.97. The quantitative estimate of drug-likeness (QED) is 0.383. The molecule has 0 saturated heterocycles. The number of rotatable bonds is 12. The van der Waals surface area contributed by atoms with Crippen LogP contribution >= 0.6 is 0 Å². The van der Waals surface area contributed by atoms with Crippen LogP contribution in [0.25, 0.3) is 22.9 Å². The molecule has 0 atom stereocenters. The topological polar surface area (TPSA) is 43.4 Å². The molecule has 2 aromatic carbocycles. The maximum Gasteiger partial charge on any atom is 0.226 e. The fourth-order valence-electron chi connectivity index (χ4n) is 3.90. The zero-order valence-corrected chi connectivity index (χ0v) is 17.5. The van der Waals surface area contributed by atoms with Crippen LogP contribution in [0.2, 0.25) is 0 Å². The third kappa shape index (κ3) is 6.03. The van der Waals surface area contributed by atoms with E-state index in [1.807, 2.05) is 30.3 Å². The molecule has 0 heterocycles. The van der Waals surface area contributed by atoms with Gasteiger partial charge in [-0.05, 0) is 52.6 Å². The fraction of sp³-hybridized carbons (Fsp3) is 0.462. The monoisotopic (exact) mass is 392 g/mol. The van der Waals surface area contributed by atoms with Gasteiger partial charge in [0.25, 0.3) is 0 Å². The lowest BCUT2D eigenvalue weighted by molar-refractivity contribution is -0.129. The molecule has 0 aliphatic heterocycles. The summed E-state index contributed by atoms with van der Waals surface area (Å²) in [6, 6.07) is 9.88. The molecule has 0 unspecified atom stereocenters. The predicted molar refractivity (Wildman–Crippen MR) is 119 cm³/mol. The molecule has 2 aromatic rings. The third-order valence-electron chi connectivity index (χ3n) is 5.62. The van der Waals surface area contributed by atoms with E-state index in [1.54, 1.807) is 0 Å². The van der Waals surface area contributed by atoms with E-state index >= 15 is 0 Å². The molecule has 0 fully saturated rings. The minimum Gasteiger partial charge on any atom is -0.493 e. The van der Waals surface area contributed by atoms with Crippen molar-refractivity contribution in [3.8, 4) is 5.75 Å². The first-order valence-corrected chi connectivity index (χ1v) is 11.2. The summed E-state index contributed by atoms with van der Waals surface area (Å²) in [4.78, 5) is 23.3. The zero-order valence-electron chi connectivity index (χ0n) is 17.5. The van der Waals surface area contributed by atoms with E-state index in [2.05, 4.69) is 6.92 Å². The van der Waals surface area contributed by atoms with Gasteiger partial charge in [0.15, 0.2) is 0 Å². The van der Waals surface area contributed by atoms with E-state index < -0.39 is 11.6 Å². The summed E-state index contributed by atoms with van der Waals surface area (Å²) in [5.74, 6) is -0.0650. The number of carbonyl (C=O) groups excluding carboxylic acids is 2. The Morgan fingerprint density at radius 1 is 0.724 bits per heavy atom. The van der Waals surface area contributed by atoms with Crippen LogP contribution in [-0.2, 0) is 9.59 Å². The number of carbonyl (C=O) groups is 2. The van der Waals surface area contributed by atoms with Crippen LogP contribution in [0.5, 0.6) is 5.75 Å². The summed E-state index contributed by atoms with van der Waals surface area (Å²) >= 11 is 0. The van der Waals surface area contributed by atoms with Crippen LogP contribution in [0.15, 0.2) is 30.3 Å². The molecule has 29 heavy (non-hydrogen) atoms. The summed E-state index contributed by atoms with van der Waals surface area (Å²) in [5.41, 5.74) is 0. The highest BCUT2D eigenvalue weighted by atomic mass is 16.5. The second-order valence-electron chi connectivity index (χ2n) is 8.01. The summed E-state index contributed by atoms with van der Waals surface area (Å²) < 4.78 is 6.05.